The highest BCUT2D eigenvalue weighted by molar-refractivity contribution is 5.83. The SMILES string of the molecule is CCC1NC(C)C(=O)N1CC(C)N1CCCC1. The van der Waals surface area contributed by atoms with Crippen molar-refractivity contribution in [3.63, 3.8) is 0 Å². The van der Waals surface area contributed by atoms with Crippen molar-refractivity contribution in [2.45, 2.75) is 58.3 Å². The molecule has 2 saturated heterocycles. The van der Waals surface area contributed by atoms with Crippen LogP contribution in [0.3, 0.4) is 0 Å². The fraction of sp³-hybridized carbons (Fsp3) is 0.923. The Labute approximate surface area is 104 Å². The maximum Gasteiger partial charge on any atom is 0.240 e. The van der Waals surface area contributed by atoms with Gasteiger partial charge in [-0.05, 0) is 46.2 Å². The molecule has 4 nitrogen and oxygen atoms in total. The lowest BCUT2D eigenvalue weighted by molar-refractivity contribution is -0.130. The molecule has 0 radical (unpaired) electrons. The number of hydrogen-bond donors (Lipinski definition) is 1. The van der Waals surface area contributed by atoms with Crippen molar-refractivity contribution >= 4 is 5.91 Å². The Hall–Kier alpha value is -0.610. The molecule has 3 atom stereocenters. The predicted octanol–water partition coefficient (Wildman–Crippen LogP) is 1.03. The number of hydrogen-bond acceptors (Lipinski definition) is 3. The minimum Gasteiger partial charge on any atom is -0.324 e. The van der Waals surface area contributed by atoms with Crippen molar-refractivity contribution in [2.75, 3.05) is 19.6 Å². The number of rotatable bonds is 4. The maximum absolute atomic E-state index is 12.1. The van der Waals surface area contributed by atoms with Gasteiger partial charge in [0.1, 0.15) is 0 Å². The summed E-state index contributed by atoms with van der Waals surface area (Å²) in [5.41, 5.74) is 0. The average molecular weight is 239 g/mol. The molecule has 0 spiro atoms. The van der Waals surface area contributed by atoms with Gasteiger partial charge in [-0.1, -0.05) is 6.92 Å². The molecule has 0 aromatic heterocycles. The monoisotopic (exact) mass is 239 g/mol. The molecule has 2 aliphatic heterocycles. The molecule has 2 heterocycles. The van der Waals surface area contributed by atoms with Gasteiger partial charge in [0.05, 0.1) is 12.2 Å². The zero-order valence-corrected chi connectivity index (χ0v) is 11.3. The van der Waals surface area contributed by atoms with Gasteiger partial charge >= 0.3 is 0 Å². The van der Waals surface area contributed by atoms with E-state index < -0.39 is 0 Å². The Kier molecular flexibility index (Phi) is 4.05. The van der Waals surface area contributed by atoms with Crippen LogP contribution in [-0.4, -0.2) is 53.6 Å². The molecule has 0 saturated carbocycles. The van der Waals surface area contributed by atoms with Crippen molar-refractivity contribution < 1.29 is 4.79 Å². The third-order valence-corrected chi connectivity index (χ3v) is 4.08. The Morgan fingerprint density at radius 3 is 2.65 bits per heavy atom. The standard InChI is InChI=1S/C13H25N3O/c1-4-12-14-11(3)13(17)16(12)9-10(2)15-7-5-6-8-15/h10-12,14H,4-9H2,1-3H3. The van der Waals surface area contributed by atoms with Gasteiger partial charge in [-0.3, -0.25) is 15.0 Å². The zero-order chi connectivity index (χ0) is 12.4. The summed E-state index contributed by atoms with van der Waals surface area (Å²) in [6, 6.07) is 0.480. The lowest BCUT2D eigenvalue weighted by Gasteiger charge is -2.31. The topological polar surface area (TPSA) is 35.6 Å². The van der Waals surface area contributed by atoms with Crippen molar-refractivity contribution in [1.29, 1.82) is 0 Å². The predicted molar refractivity (Wildman–Crippen MR) is 68.7 cm³/mol. The molecule has 1 N–H and O–H groups in total. The van der Waals surface area contributed by atoms with Gasteiger partial charge in [0.2, 0.25) is 5.91 Å². The fourth-order valence-corrected chi connectivity index (χ4v) is 2.99. The first kappa shape index (κ1) is 12.8. The van der Waals surface area contributed by atoms with Crippen LogP contribution in [0.5, 0.6) is 0 Å². The Balaban J connectivity index is 1.94. The third-order valence-electron chi connectivity index (χ3n) is 4.08. The number of amides is 1. The van der Waals surface area contributed by atoms with Gasteiger partial charge in [0, 0.05) is 12.6 Å². The smallest absolute Gasteiger partial charge is 0.240 e. The summed E-state index contributed by atoms with van der Waals surface area (Å²) >= 11 is 0. The number of carbonyl (C=O) groups excluding carboxylic acids is 1. The Morgan fingerprint density at radius 2 is 2.06 bits per heavy atom. The van der Waals surface area contributed by atoms with Gasteiger partial charge < -0.3 is 4.90 Å². The van der Waals surface area contributed by atoms with E-state index in [0.717, 1.165) is 13.0 Å². The van der Waals surface area contributed by atoms with Crippen LogP contribution in [0.1, 0.15) is 40.0 Å². The highest BCUT2D eigenvalue weighted by atomic mass is 16.2. The second kappa shape index (κ2) is 5.36. The van der Waals surface area contributed by atoms with Gasteiger partial charge in [0.25, 0.3) is 0 Å². The molecule has 3 unspecified atom stereocenters. The first-order chi connectivity index (χ1) is 8.13. The molecule has 2 aliphatic rings. The first-order valence-electron chi connectivity index (χ1n) is 6.94. The van der Waals surface area contributed by atoms with Gasteiger partial charge in [-0.25, -0.2) is 0 Å². The van der Waals surface area contributed by atoms with Crippen LogP contribution >= 0.6 is 0 Å². The Bertz CT molecular complexity index is 276. The minimum absolute atomic E-state index is 0.00859. The lowest BCUT2D eigenvalue weighted by Crippen LogP contribution is -2.46. The summed E-state index contributed by atoms with van der Waals surface area (Å²) in [4.78, 5) is 16.6. The van der Waals surface area contributed by atoms with Crippen LogP contribution in [-0.2, 0) is 4.79 Å². The number of carbonyl (C=O) groups is 1. The van der Waals surface area contributed by atoms with Crippen molar-refractivity contribution in [1.82, 2.24) is 15.1 Å². The summed E-state index contributed by atoms with van der Waals surface area (Å²) in [6.45, 7) is 9.61. The van der Waals surface area contributed by atoms with E-state index >= 15 is 0 Å². The quantitative estimate of drug-likeness (QED) is 0.796. The van der Waals surface area contributed by atoms with Gasteiger partial charge in [0.15, 0.2) is 0 Å². The highest BCUT2D eigenvalue weighted by Gasteiger charge is 2.36. The molecule has 98 valence electrons. The van der Waals surface area contributed by atoms with Gasteiger partial charge in [-0.15, -0.1) is 0 Å². The largest absolute Gasteiger partial charge is 0.324 e. The zero-order valence-electron chi connectivity index (χ0n) is 11.3. The summed E-state index contributed by atoms with van der Waals surface area (Å²) in [5.74, 6) is 0.267. The Morgan fingerprint density at radius 1 is 1.41 bits per heavy atom. The normalized spacial score (nSPS) is 32.4. The second-order valence-corrected chi connectivity index (χ2v) is 5.40. The molecular weight excluding hydrogens is 214 g/mol. The van der Waals surface area contributed by atoms with E-state index in [2.05, 4.69) is 24.1 Å². The van der Waals surface area contributed by atoms with E-state index in [1.54, 1.807) is 0 Å². The van der Waals surface area contributed by atoms with Crippen LogP contribution in [0.2, 0.25) is 0 Å². The maximum atomic E-state index is 12.1. The van der Waals surface area contributed by atoms with E-state index in [0.29, 0.717) is 6.04 Å². The van der Waals surface area contributed by atoms with E-state index in [1.165, 1.54) is 25.9 Å². The summed E-state index contributed by atoms with van der Waals surface area (Å²) in [5, 5.41) is 3.36. The van der Waals surface area contributed by atoms with E-state index in [9.17, 15) is 4.79 Å². The van der Waals surface area contributed by atoms with E-state index in [4.69, 9.17) is 0 Å². The minimum atomic E-state index is -0.00859. The first-order valence-corrected chi connectivity index (χ1v) is 6.94. The summed E-state index contributed by atoms with van der Waals surface area (Å²) in [6.07, 6.45) is 3.85. The molecule has 2 rings (SSSR count). The molecule has 17 heavy (non-hydrogen) atoms. The third kappa shape index (κ3) is 2.63. The van der Waals surface area contributed by atoms with Crippen LogP contribution in [0, 0.1) is 0 Å². The highest BCUT2D eigenvalue weighted by Crippen LogP contribution is 2.17. The molecule has 1 amide bonds. The van der Waals surface area contributed by atoms with Crippen molar-refractivity contribution in [3.8, 4) is 0 Å². The molecule has 4 heteroatoms. The second-order valence-electron chi connectivity index (χ2n) is 5.40. The van der Waals surface area contributed by atoms with Crippen molar-refractivity contribution in [3.05, 3.63) is 0 Å². The number of nitrogens with one attached hydrogen (secondary N) is 1. The van der Waals surface area contributed by atoms with Crippen LogP contribution in [0.25, 0.3) is 0 Å². The summed E-state index contributed by atoms with van der Waals surface area (Å²) < 4.78 is 0. The average Bonchev–Trinajstić information content (AvgIpc) is 2.92. The molecule has 0 aromatic carbocycles. The lowest BCUT2D eigenvalue weighted by atomic mass is 10.2. The fourth-order valence-electron chi connectivity index (χ4n) is 2.99. The number of nitrogens with zero attached hydrogens (tertiary/aromatic N) is 2. The van der Waals surface area contributed by atoms with Gasteiger partial charge in [-0.2, -0.15) is 0 Å². The van der Waals surface area contributed by atoms with E-state index in [1.807, 2.05) is 11.8 Å². The van der Waals surface area contributed by atoms with Crippen LogP contribution in [0.15, 0.2) is 0 Å². The molecule has 0 bridgehead atoms. The molecular formula is C13H25N3O. The number of likely N-dealkylation sites (tertiary alicyclic amines) is 1. The van der Waals surface area contributed by atoms with Crippen LogP contribution in [0.4, 0.5) is 0 Å². The molecule has 2 fully saturated rings. The summed E-state index contributed by atoms with van der Waals surface area (Å²) in [7, 11) is 0. The van der Waals surface area contributed by atoms with Crippen LogP contribution < -0.4 is 5.32 Å². The molecule has 0 aromatic rings. The molecule has 0 aliphatic carbocycles. The van der Waals surface area contributed by atoms with Crippen molar-refractivity contribution in [2.24, 2.45) is 0 Å². The van der Waals surface area contributed by atoms with E-state index in [-0.39, 0.29) is 18.1 Å².